The molecule has 18 heavy (non-hydrogen) atoms. The van der Waals surface area contributed by atoms with E-state index in [1.807, 2.05) is 13.8 Å². The summed E-state index contributed by atoms with van der Waals surface area (Å²) >= 11 is 0. The molecule has 0 spiro atoms. The minimum absolute atomic E-state index is 0. The maximum Gasteiger partial charge on any atom is 0.260 e. The highest BCUT2D eigenvalue weighted by molar-refractivity contribution is 7.89. The summed E-state index contributed by atoms with van der Waals surface area (Å²) < 4.78 is 26.1. The van der Waals surface area contributed by atoms with E-state index < -0.39 is 10.0 Å². The van der Waals surface area contributed by atoms with E-state index in [1.165, 1.54) is 4.31 Å². The summed E-state index contributed by atoms with van der Waals surface area (Å²) in [6.45, 7) is 5.55. The molecule has 2 rings (SSSR count). The fourth-order valence-electron chi connectivity index (χ4n) is 1.85. The zero-order chi connectivity index (χ0) is 12.5. The molecule has 1 aromatic rings. The van der Waals surface area contributed by atoms with Crippen LogP contribution in [0.15, 0.2) is 23.4 Å². The average Bonchev–Trinajstić information content (AvgIpc) is 2.29. The van der Waals surface area contributed by atoms with Crippen molar-refractivity contribution in [2.75, 3.05) is 19.6 Å². The number of hydrogen-bond donors (Lipinski definition) is 1. The molecule has 1 unspecified atom stereocenters. The summed E-state index contributed by atoms with van der Waals surface area (Å²) in [4.78, 5) is 4.00. The second-order valence-corrected chi connectivity index (χ2v) is 6.28. The Labute approximate surface area is 114 Å². The van der Waals surface area contributed by atoms with Gasteiger partial charge in [0.15, 0.2) is 5.03 Å². The zero-order valence-electron chi connectivity index (χ0n) is 10.5. The van der Waals surface area contributed by atoms with Gasteiger partial charge in [0, 0.05) is 31.9 Å². The Morgan fingerprint density at radius 2 is 2.17 bits per heavy atom. The molecule has 5 nitrogen and oxygen atoms in total. The van der Waals surface area contributed by atoms with Crippen molar-refractivity contribution in [3.63, 3.8) is 0 Å². The van der Waals surface area contributed by atoms with Gasteiger partial charge in [0.2, 0.25) is 0 Å². The molecule has 1 aromatic heterocycles. The molecular weight excluding hydrogens is 274 g/mol. The molecule has 2 heterocycles. The Bertz CT molecular complexity index is 490. The Morgan fingerprint density at radius 1 is 1.44 bits per heavy atom. The molecule has 0 aromatic carbocycles. The molecule has 7 heteroatoms. The number of hydrogen-bond acceptors (Lipinski definition) is 4. The molecule has 1 aliphatic rings. The van der Waals surface area contributed by atoms with Crippen molar-refractivity contribution in [1.29, 1.82) is 0 Å². The number of sulfonamides is 1. The minimum Gasteiger partial charge on any atom is -0.312 e. The maximum absolute atomic E-state index is 12.3. The number of aryl methyl sites for hydroxylation is 1. The SMILES string of the molecule is Cc1ccc(S(=O)(=O)N2CCNC(C)C2)nc1.Cl. The first-order chi connectivity index (χ1) is 8.00. The van der Waals surface area contributed by atoms with Crippen molar-refractivity contribution in [3.05, 3.63) is 23.9 Å². The fourth-order valence-corrected chi connectivity index (χ4v) is 3.30. The molecular formula is C11H18ClN3O2S. The largest absolute Gasteiger partial charge is 0.312 e. The van der Waals surface area contributed by atoms with Gasteiger partial charge in [-0.05, 0) is 25.5 Å². The molecule has 1 aliphatic heterocycles. The first-order valence-corrected chi connectivity index (χ1v) is 7.10. The van der Waals surface area contributed by atoms with Crippen molar-refractivity contribution in [2.45, 2.75) is 24.9 Å². The van der Waals surface area contributed by atoms with Crippen LogP contribution in [-0.2, 0) is 10.0 Å². The lowest BCUT2D eigenvalue weighted by Crippen LogP contribution is -2.51. The van der Waals surface area contributed by atoms with E-state index in [0.29, 0.717) is 19.6 Å². The summed E-state index contributed by atoms with van der Waals surface area (Å²) in [5.74, 6) is 0. The molecule has 0 aliphatic carbocycles. The third kappa shape index (κ3) is 3.20. The molecule has 0 saturated carbocycles. The van der Waals surface area contributed by atoms with Crippen LogP contribution in [0.5, 0.6) is 0 Å². The van der Waals surface area contributed by atoms with Gasteiger partial charge in [-0.25, -0.2) is 13.4 Å². The van der Waals surface area contributed by atoms with E-state index in [9.17, 15) is 8.42 Å². The van der Waals surface area contributed by atoms with Crippen LogP contribution in [0.1, 0.15) is 12.5 Å². The molecule has 102 valence electrons. The van der Waals surface area contributed by atoms with Gasteiger partial charge in [0.25, 0.3) is 10.0 Å². The first-order valence-electron chi connectivity index (χ1n) is 5.66. The number of halogens is 1. The number of aromatic nitrogens is 1. The smallest absolute Gasteiger partial charge is 0.260 e. The monoisotopic (exact) mass is 291 g/mol. The van der Waals surface area contributed by atoms with Crippen molar-refractivity contribution in [3.8, 4) is 0 Å². The van der Waals surface area contributed by atoms with Gasteiger partial charge >= 0.3 is 0 Å². The van der Waals surface area contributed by atoms with E-state index in [2.05, 4.69) is 10.3 Å². The lowest BCUT2D eigenvalue weighted by Gasteiger charge is -2.30. The summed E-state index contributed by atoms with van der Waals surface area (Å²) in [6, 6.07) is 3.52. The van der Waals surface area contributed by atoms with E-state index in [-0.39, 0.29) is 23.5 Å². The molecule has 0 amide bonds. The highest BCUT2D eigenvalue weighted by Gasteiger charge is 2.29. The lowest BCUT2D eigenvalue weighted by molar-refractivity contribution is 0.309. The highest BCUT2D eigenvalue weighted by atomic mass is 35.5. The Balaban J connectivity index is 0.00000162. The van der Waals surface area contributed by atoms with Gasteiger partial charge in [-0.15, -0.1) is 12.4 Å². The number of nitrogens with one attached hydrogen (secondary N) is 1. The molecule has 1 saturated heterocycles. The molecule has 1 N–H and O–H groups in total. The number of piperazine rings is 1. The van der Waals surface area contributed by atoms with Crippen molar-refractivity contribution >= 4 is 22.4 Å². The molecule has 1 atom stereocenters. The first kappa shape index (κ1) is 15.4. The third-order valence-corrected chi connectivity index (χ3v) is 4.60. The van der Waals surface area contributed by atoms with Gasteiger partial charge in [-0.1, -0.05) is 6.07 Å². The van der Waals surface area contributed by atoms with Crippen LogP contribution in [0.3, 0.4) is 0 Å². The van der Waals surface area contributed by atoms with Crippen molar-refractivity contribution in [2.24, 2.45) is 0 Å². The Hall–Kier alpha value is -0.690. The van der Waals surface area contributed by atoms with E-state index in [0.717, 1.165) is 5.56 Å². The predicted molar refractivity (Wildman–Crippen MR) is 72.4 cm³/mol. The van der Waals surface area contributed by atoms with Crippen molar-refractivity contribution in [1.82, 2.24) is 14.6 Å². The number of pyridine rings is 1. The average molecular weight is 292 g/mol. The third-order valence-electron chi connectivity index (χ3n) is 2.82. The summed E-state index contributed by atoms with van der Waals surface area (Å²) in [5, 5.41) is 3.35. The van der Waals surface area contributed by atoms with Crippen LogP contribution in [0.2, 0.25) is 0 Å². The van der Waals surface area contributed by atoms with E-state index in [1.54, 1.807) is 18.3 Å². The van der Waals surface area contributed by atoms with Crippen LogP contribution < -0.4 is 5.32 Å². The van der Waals surface area contributed by atoms with Crippen molar-refractivity contribution < 1.29 is 8.42 Å². The second-order valence-electron chi connectivity index (χ2n) is 4.39. The summed E-state index contributed by atoms with van der Waals surface area (Å²) in [7, 11) is -3.43. The lowest BCUT2D eigenvalue weighted by atomic mass is 10.3. The van der Waals surface area contributed by atoms with Crippen LogP contribution in [-0.4, -0.2) is 43.4 Å². The molecule has 0 radical (unpaired) electrons. The number of nitrogens with zero attached hydrogens (tertiary/aromatic N) is 2. The van der Waals surface area contributed by atoms with Gasteiger partial charge in [0.1, 0.15) is 0 Å². The normalized spacial score (nSPS) is 21.3. The topological polar surface area (TPSA) is 62.3 Å². The molecule has 1 fully saturated rings. The molecule has 0 bridgehead atoms. The number of rotatable bonds is 2. The predicted octanol–water partition coefficient (Wildman–Crippen LogP) is 0.794. The van der Waals surface area contributed by atoms with Crippen LogP contribution in [0, 0.1) is 6.92 Å². The quantitative estimate of drug-likeness (QED) is 0.875. The Morgan fingerprint density at radius 3 is 2.72 bits per heavy atom. The van der Waals surface area contributed by atoms with Gasteiger partial charge < -0.3 is 5.32 Å². The van der Waals surface area contributed by atoms with Gasteiger partial charge in [-0.3, -0.25) is 0 Å². The zero-order valence-corrected chi connectivity index (χ0v) is 12.1. The van der Waals surface area contributed by atoms with Crippen LogP contribution in [0.25, 0.3) is 0 Å². The van der Waals surface area contributed by atoms with E-state index >= 15 is 0 Å². The van der Waals surface area contributed by atoms with Gasteiger partial charge in [-0.2, -0.15) is 4.31 Å². The summed E-state index contributed by atoms with van der Waals surface area (Å²) in [6.07, 6.45) is 1.58. The van der Waals surface area contributed by atoms with Crippen LogP contribution in [0.4, 0.5) is 0 Å². The summed E-state index contributed by atoms with van der Waals surface area (Å²) in [5.41, 5.74) is 0.956. The fraction of sp³-hybridized carbons (Fsp3) is 0.545. The Kier molecular flexibility index (Phi) is 5.10. The van der Waals surface area contributed by atoms with Crippen LogP contribution >= 0.6 is 12.4 Å². The maximum atomic E-state index is 12.3. The second kappa shape index (κ2) is 5.97. The highest BCUT2D eigenvalue weighted by Crippen LogP contribution is 2.15. The van der Waals surface area contributed by atoms with E-state index in [4.69, 9.17) is 0 Å². The van der Waals surface area contributed by atoms with Gasteiger partial charge in [0.05, 0.1) is 0 Å². The minimum atomic E-state index is -3.43. The standard InChI is InChI=1S/C11H17N3O2S.ClH/c1-9-3-4-11(13-7-9)17(15,16)14-6-5-12-10(2)8-14;/h3-4,7,10,12H,5-6,8H2,1-2H3;1H.